The zero-order valence-electron chi connectivity index (χ0n) is 28.5. The number of benzene rings is 5. The van der Waals surface area contributed by atoms with Gasteiger partial charge >= 0.3 is 111 Å². The molecule has 0 atom stereocenters. The summed E-state index contributed by atoms with van der Waals surface area (Å²) in [5, 5.41) is 8.16. The van der Waals surface area contributed by atoms with Crippen LogP contribution in [0.2, 0.25) is 0 Å². The topological polar surface area (TPSA) is 0 Å². The Morgan fingerprint density at radius 1 is 0.553 bits per heavy atom. The molecular formula is C44H44Cl2Zr-2. The van der Waals surface area contributed by atoms with Gasteiger partial charge in [0.15, 0.2) is 0 Å². The van der Waals surface area contributed by atoms with E-state index in [4.69, 9.17) is 17.0 Å². The summed E-state index contributed by atoms with van der Waals surface area (Å²) >= 11 is -2.44. The van der Waals surface area contributed by atoms with Gasteiger partial charge in [-0.1, -0.05) is 82.5 Å². The zero-order chi connectivity index (χ0) is 33.8. The van der Waals surface area contributed by atoms with Crippen molar-refractivity contribution in [3.05, 3.63) is 167 Å². The molecule has 3 heteroatoms. The summed E-state index contributed by atoms with van der Waals surface area (Å²) in [5.41, 5.74) is 6.84. The summed E-state index contributed by atoms with van der Waals surface area (Å²) in [5.74, 6) is 0. The molecule has 7 aromatic rings. The average Bonchev–Trinajstić information content (AvgIpc) is 3.65. The van der Waals surface area contributed by atoms with Crippen LogP contribution in [0.4, 0.5) is 0 Å². The second-order valence-electron chi connectivity index (χ2n) is 14.3. The van der Waals surface area contributed by atoms with E-state index in [-0.39, 0.29) is 10.8 Å². The van der Waals surface area contributed by atoms with E-state index < -0.39 is 18.9 Å². The Morgan fingerprint density at radius 3 is 1.49 bits per heavy atom. The van der Waals surface area contributed by atoms with E-state index in [1.54, 1.807) is 0 Å². The third kappa shape index (κ3) is 8.89. The summed E-state index contributed by atoms with van der Waals surface area (Å²) in [7, 11) is 12.5. The number of rotatable bonds is 2. The van der Waals surface area contributed by atoms with Crippen LogP contribution < -0.4 is 0 Å². The van der Waals surface area contributed by atoms with Crippen LogP contribution in [0.1, 0.15) is 69.4 Å². The third-order valence-electron chi connectivity index (χ3n) is 8.54. The fourth-order valence-electron chi connectivity index (χ4n) is 5.80. The van der Waals surface area contributed by atoms with Crippen LogP contribution in [0.15, 0.2) is 140 Å². The molecule has 0 bridgehead atoms. The van der Waals surface area contributed by atoms with E-state index in [0.29, 0.717) is 0 Å². The maximum absolute atomic E-state index is 6.24. The molecule has 0 aliphatic carbocycles. The molecular weight excluding hydrogens is 691 g/mol. The van der Waals surface area contributed by atoms with Crippen molar-refractivity contribution in [2.45, 2.75) is 59.3 Å². The van der Waals surface area contributed by atoms with Crippen molar-refractivity contribution in [2.24, 2.45) is 0 Å². The molecule has 0 saturated carbocycles. The van der Waals surface area contributed by atoms with Crippen molar-refractivity contribution in [1.29, 1.82) is 0 Å². The summed E-state index contributed by atoms with van der Waals surface area (Å²) < 4.78 is 1.15. The van der Waals surface area contributed by atoms with E-state index in [9.17, 15) is 0 Å². The van der Waals surface area contributed by atoms with E-state index in [1.165, 1.54) is 49.0 Å². The Labute approximate surface area is 296 Å². The number of hydrogen-bond donors (Lipinski definition) is 0. The fraction of sp³-hybridized carbons (Fsp3) is 0.205. The first-order chi connectivity index (χ1) is 22.3. The Hall–Kier alpha value is -3.09. The third-order valence-corrected chi connectivity index (χ3v) is 13.1. The Kier molecular flexibility index (Phi) is 11.2. The molecule has 0 nitrogen and oxygen atoms in total. The van der Waals surface area contributed by atoms with Crippen molar-refractivity contribution in [3.8, 4) is 0 Å². The Balaban J connectivity index is 0.000000147. The van der Waals surface area contributed by atoms with Gasteiger partial charge in [-0.2, -0.15) is 17.5 Å². The molecule has 0 unspecified atom stereocenters. The van der Waals surface area contributed by atoms with Crippen LogP contribution in [0.5, 0.6) is 0 Å². The number of halogens is 2. The van der Waals surface area contributed by atoms with Gasteiger partial charge < -0.3 is 0 Å². The van der Waals surface area contributed by atoms with Gasteiger partial charge in [0.2, 0.25) is 0 Å². The standard InChI is InChI=1S/C21H25.C13H10.C10H9.2ClH.Zr/c1-20(2,3)16-7-9-18-14(12-16)11-15-13-17(21(4,5)6)8-10-19(15)18;1-3-7-12(8-4-1)11-13-9-5-2-6-10-13;1-8-5-6-9-3-2-4-10(9)7-8;;;/h7-13H,1-6H3;1-10H;2-7H,1H3;2*1H;/q-1;;-1;;;+2/p-2. The first-order valence-corrected chi connectivity index (χ1v) is 23.8. The molecule has 7 rings (SSSR count). The monoisotopic (exact) mass is 732 g/mol. The van der Waals surface area contributed by atoms with E-state index in [1.807, 2.05) is 36.4 Å². The van der Waals surface area contributed by atoms with Crippen LogP contribution in [0, 0.1) is 6.92 Å². The van der Waals surface area contributed by atoms with Crippen molar-refractivity contribution in [1.82, 2.24) is 0 Å². The van der Waals surface area contributed by atoms with Gasteiger partial charge in [-0.25, -0.2) is 0 Å². The summed E-state index contributed by atoms with van der Waals surface area (Å²) in [6, 6.07) is 49.3. The van der Waals surface area contributed by atoms with E-state index in [0.717, 1.165) is 14.3 Å². The molecule has 7 aromatic carbocycles. The van der Waals surface area contributed by atoms with Crippen LogP contribution in [0.25, 0.3) is 32.3 Å². The second-order valence-corrected chi connectivity index (χ2v) is 22.4. The Bertz CT molecular complexity index is 2000. The molecule has 0 heterocycles. The summed E-state index contributed by atoms with van der Waals surface area (Å²) in [6.45, 7) is 15.8. The molecule has 0 N–H and O–H groups in total. The van der Waals surface area contributed by atoms with Crippen molar-refractivity contribution < 1.29 is 18.9 Å². The van der Waals surface area contributed by atoms with Gasteiger partial charge in [-0.15, -0.1) is 69.4 Å². The molecule has 0 aliphatic heterocycles. The number of aryl methyl sites for hydroxylation is 1. The zero-order valence-corrected chi connectivity index (χ0v) is 32.5. The van der Waals surface area contributed by atoms with Crippen molar-refractivity contribution >= 4 is 52.5 Å². The predicted octanol–water partition coefficient (Wildman–Crippen LogP) is 13.4. The fourth-order valence-corrected chi connectivity index (χ4v) is 10.3. The molecule has 240 valence electrons. The first kappa shape index (κ1) is 35.2. The van der Waals surface area contributed by atoms with Gasteiger partial charge in [-0.05, 0) is 17.8 Å². The van der Waals surface area contributed by atoms with Gasteiger partial charge in [0.1, 0.15) is 0 Å². The van der Waals surface area contributed by atoms with Crippen molar-refractivity contribution in [2.75, 3.05) is 0 Å². The maximum atomic E-state index is 6.24. The summed E-state index contributed by atoms with van der Waals surface area (Å²) in [4.78, 5) is 0. The van der Waals surface area contributed by atoms with Gasteiger partial charge in [0.05, 0.1) is 0 Å². The minimum absolute atomic E-state index is 0.203. The molecule has 0 spiro atoms. The molecule has 0 amide bonds. The quantitative estimate of drug-likeness (QED) is 0.155. The number of hydrogen-bond acceptors (Lipinski definition) is 0. The van der Waals surface area contributed by atoms with Crippen molar-refractivity contribution in [3.63, 3.8) is 0 Å². The molecule has 0 aliphatic rings. The van der Waals surface area contributed by atoms with Gasteiger partial charge in [-0.3, -0.25) is 0 Å². The Morgan fingerprint density at radius 2 is 1.04 bits per heavy atom. The minimum atomic E-state index is -2.44. The molecule has 47 heavy (non-hydrogen) atoms. The normalized spacial score (nSPS) is 11.5. The molecule has 0 aromatic heterocycles. The molecule has 0 fully saturated rings. The summed E-state index contributed by atoms with van der Waals surface area (Å²) in [6.07, 6.45) is 0. The van der Waals surface area contributed by atoms with Crippen LogP contribution in [-0.2, 0) is 29.7 Å². The van der Waals surface area contributed by atoms with Crippen LogP contribution in [0.3, 0.4) is 0 Å². The van der Waals surface area contributed by atoms with E-state index >= 15 is 0 Å². The van der Waals surface area contributed by atoms with Crippen LogP contribution in [-0.4, -0.2) is 3.21 Å². The first-order valence-electron chi connectivity index (χ1n) is 16.2. The second kappa shape index (κ2) is 15.0. The van der Waals surface area contributed by atoms with E-state index in [2.05, 4.69) is 152 Å². The average molecular weight is 735 g/mol. The molecule has 0 radical (unpaired) electrons. The van der Waals surface area contributed by atoms with Gasteiger partial charge in [0, 0.05) is 0 Å². The molecule has 0 saturated heterocycles. The van der Waals surface area contributed by atoms with Crippen LogP contribution >= 0.6 is 17.0 Å². The van der Waals surface area contributed by atoms with Gasteiger partial charge in [0.25, 0.3) is 0 Å². The number of fused-ring (bicyclic) bond motifs is 4. The SMILES string of the molecule is CC(C)(C)c1ccc2c(c1)[cH-]c1cc(C(C)(C)C)ccc12.Cc1ccc2[cH-]ccc2c1.[Cl][Zr]([Cl])=[C](c1ccccc1)c1ccccc1. The predicted molar refractivity (Wildman–Crippen MR) is 207 cm³/mol.